The second kappa shape index (κ2) is 8.06. The average molecular weight is 292 g/mol. The molecule has 114 valence electrons. The van der Waals surface area contributed by atoms with Gasteiger partial charge in [0.15, 0.2) is 5.78 Å². The van der Waals surface area contributed by atoms with Gasteiger partial charge in [-0.05, 0) is 13.0 Å². The third kappa shape index (κ3) is 4.61. The first-order valence-electron chi connectivity index (χ1n) is 6.52. The second-order valence-electron chi connectivity index (χ2n) is 4.27. The molecule has 0 aliphatic heterocycles. The maximum Gasteiger partial charge on any atom is 0.413 e. The van der Waals surface area contributed by atoms with Crippen LogP contribution < -0.4 is 10.4 Å². The number of hydroxylamine groups is 1. The maximum absolute atomic E-state index is 11.8. The first-order valence-corrected chi connectivity index (χ1v) is 6.52. The molecule has 0 saturated carbocycles. The van der Waals surface area contributed by atoms with Crippen molar-refractivity contribution in [3.63, 3.8) is 0 Å². The summed E-state index contributed by atoms with van der Waals surface area (Å²) >= 11 is 0. The van der Waals surface area contributed by atoms with Gasteiger partial charge in [0.2, 0.25) is 0 Å². The molecule has 1 rings (SSSR count). The number of rotatable bonds is 7. The minimum absolute atomic E-state index is 0.174. The molecule has 0 aromatic heterocycles. The molecule has 0 spiro atoms. The molecule has 21 heavy (non-hydrogen) atoms. The van der Waals surface area contributed by atoms with Crippen LogP contribution in [0.3, 0.4) is 0 Å². The lowest BCUT2D eigenvalue weighted by Crippen LogP contribution is -2.31. The molecule has 1 amide bonds. The summed E-state index contributed by atoms with van der Waals surface area (Å²) < 4.78 is 4.76. The first-order chi connectivity index (χ1) is 10.0. The highest BCUT2D eigenvalue weighted by atomic mass is 16.6. The van der Waals surface area contributed by atoms with E-state index in [0.29, 0.717) is 12.2 Å². The lowest BCUT2D eigenvalue weighted by Gasteiger charge is -2.22. The average Bonchev–Trinajstić information content (AvgIpc) is 2.48. The fourth-order valence-electron chi connectivity index (χ4n) is 1.68. The standard InChI is InChI=1S/C15H20N2O4/c1-5-17(15(19)20-4)14-9-7-6-8-13(14)10-21-16-11(2)12(3)18/h6-9,16H,2,5,10H2,1,3-4H3. The fraction of sp³-hybridized carbons (Fsp3) is 0.333. The lowest BCUT2D eigenvalue weighted by molar-refractivity contribution is -0.115. The Bertz CT molecular complexity index is 528. The predicted octanol–water partition coefficient (Wildman–Crippen LogP) is 2.40. The van der Waals surface area contributed by atoms with E-state index in [2.05, 4.69) is 12.1 Å². The lowest BCUT2D eigenvalue weighted by atomic mass is 10.1. The quantitative estimate of drug-likeness (QED) is 0.617. The third-order valence-electron chi connectivity index (χ3n) is 2.84. The van der Waals surface area contributed by atoms with Crippen LogP contribution in [-0.4, -0.2) is 25.5 Å². The zero-order chi connectivity index (χ0) is 15.8. The van der Waals surface area contributed by atoms with Crippen LogP contribution in [0.1, 0.15) is 19.4 Å². The number of para-hydroxylation sites is 1. The van der Waals surface area contributed by atoms with Crippen LogP contribution in [0.15, 0.2) is 36.5 Å². The molecule has 0 aliphatic rings. The number of ether oxygens (including phenoxy) is 1. The molecule has 1 aromatic rings. The van der Waals surface area contributed by atoms with Gasteiger partial charge in [0.25, 0.3) is 0 Å². The summed E-state index contributed by atoms with van der Waals surface area (Å²) in [5.41, 5.74) is 4.14. The highest BCUT2D eigenvalue weighted by molar-refractivity contribution is 5.91. The van der Waals surface area contributed by atoms with Gasteiger partial charge in [-0.25, -0.2) is 4.79 Å². The van der Waals surface area contributed by atoms with Gasteiger partial charge in [-0.15, -0.1) is 0 Å². The molecular formula is C15H20N2O4. The Kier molecular flexibility index (Phi) is 6.42. The minimum Gasteiger partial charge on any atom is -0.452 e. The number of allylic oxidation sites excluding steroid dienone is 1. The van der Waals surface area contributed by atoms with Gasteiger partial charge >= 0.3 is 6.09 Å². The van der Waals surface area contributed by atoms with E-state index in [1.807, 2.05) is 25.1 Å². The number of nitrogens with one attached hydrogen (secondary N) is 1. The largest absolute Gasteiger partial charge is 0.452 e. The normalized spacial score (nSPS) is 9.86. The molecule has 0 bridgehead atoms. The van der Waals surface area contributed by atoms with E-state index in [9.17, 15) is 9.59 Å². The van der Waals surface area contributed by atoms with Crippen molar-refractivity contribution < 1.29 is 19.2 Å². The number of amides is 1. The van der Waals surface area contributed by atoms with Crippen molar-refractivity contribution in [1.29, 1.82) is 0 Å². The SMILES string of the molecule is C=C(NOCc1ccccc1N(CC)C(=O)OC)C(C)=O. The van der Waals surface area contributed by atoms with E-state index in [-0.39, 0.29) is 18.1 Å². The van der Waals surface area contributed by atoms with Crippen molar-refractivity contribution in [3.05, 3.63) is 42.1 Å². The van der Waals surface area contributed by atoms with Crippen LogP contribution >= 0.6 is 0 Å². The van der Waals surface area contributed by atoms with Crippen LogP contribution in [0.4, 0.5) is 10.5 Å². The Morgan fingerprint density at radius 3 is 2.57 bits per heavy atom. The summed E-state index contributed by atoms with van der Waals surface area (Å²) in [6.45, 7) is 7.42. The van der Waals surface area contributed by atoms with E-state index in [1.165, 1.54) is 18.9 Å². The summed E-state index contributed by atoms with van der Waals surface area (Å²) in [5, 5.41) is 0. The Balaban J connectivity index is 2.81. The monoisotopic (exact) mass is 292 g/mol. The highest BCUT2D eigenvalue weighted by Gasteiger charge is 2.17. The molecule has 0 radical (unpaired) electrons. The molecule has 6 nitrogen and oxygen atoms in total. The summed E-state index contributed by atoms with van der Waals surface area (Å²) in [6, 6.07) is 7.30. The van der Waals surface area contributed by atoms with Gasteiger partial charge < -0.3 is 4.74 Å². The van der Waals surface area contributed by atoms with Crippen molar-refractivity contribution in [2.24, 2.45) is 0 Å². The summed E-state index contributed by atoms with van der Waals surface area (Å²) in [7, 11) is 1.34. The van der Waals surface area contributed by atoms with Crippen molar-refractivity contribution in [2.75, 3.05) is 18.6 Å². The number of hydrogen-bond acceptors (Lipinski definition) is 5. The maximum atomic E-state index is 11.8. The van der Waals surface area contributed by atoms with Gasteiger partial charge in [-0.1, -0.05) is 24.8 Å². The van der Waals surface area contributed by atoms with Crippen molar-refractivity contribution in [3.8, 4) is 0 Å². The first kappa shape index (κ1) is 16.7. The Hall–Kier alpha value is -2.34. The Morgan fingerprint density at radius 2 is 2.00 bits per heavy atom. The molecule has 1 aromatic carbocycles. The van der Waals surface area contributed by atoms with Crippen LogP contribution in [0, 0.1) is 0 Å². The fourth-order valence-corrected chi connectivity index (χ4v) is 1.68. The van der Waals surface area contributed by atoms with E-state index in [4.69, 9.17) is 9.57 Å². The van der Waals surface area contributed by atoms with Crippen molar-refractivity contribution in [1.82, 2.24) is 5.48 Å². The van der Waals surface area contributed by atoms with Crippen LogP contribution in [0.5, 0.6) is 0 Å². The van der Waals surface area contributed by atoms with Crippen molar-refractivity contribution in [2.45, 2.75) is 20.5 Å². The highest BCUT2D eigenvalue weighted by Crippen LogP contribution is 2.21. The predicted molar refractivity (Wildman–Crippen MR) is 79.6 cm³/mol. The minimum atomic E-state index is -0.439. The number of anilines is 1. The van der Waals surface area contributed by atoms with Gasteiger partial charge in [0, 0.05) is 19.0 Å². The summed E-state index contributed by atoms with van der Waals surface area (Å²) in [5.74, 6) is -0.201. The third-order valence-corrected chi connectivity index (χ3v) is 2.84. The van der Waals surface area contributed by atoms with E-state index >= 15 is 0 Å². The number of Topliss-reactive ketones (excluding diaryl/α,β-unsaturated/α-hetero) is 1. The smallest absolute Gasteiger partial charge is 0.413 e. The van der Waals surface area contributed by atoms with Gasteiger partial charge in [0.1, 0.15) is 6.61 Å². The van der Waals surface area contributed by atoms with Crippen LogP contribution in [-0.2, 0) is 21.0 Å². The van der Waals surface area contributed by atoms with Crippen molar-refractivity contribution >= 4 is 17.6 Å². The molecule has 0 fully saturated rings. The van der Waals surface area contributed by atoms with Gasteiger partial charge in [-0.3, -0.25) is 20.0 Å². The number of hydrogen-bond donors (Lipinski definition) is 1. The number of methoxy groups -OCH3 is 1. The molecule has 0 unspecified atom stereocenters. The Labute approximate surface area is 124 Å². The van der Waals surface area contributed by atoms with Gasteiger partial charge in [-0.2, -0.15) is 0 Å². The number of nitrogens with zero attached hydrogens (tertiary/aromatic N) is 1. The number of carbonyl (C=O) groups excluding carboxylic acids is 2. The Morgan fingerprint density at radius 1 is 1.33 bits per heavy atom. The molecule has 1 N–H and O–H groups in total. The molecule has 0 heterocycles. The number of ketones is 1. The molecule has 0 aliphatic carbocycles. The van der Waals surface area contributed by atoms with Crippen LogP contribution in [0.25, 0.3) is 0 Å². The number of carbonyl (C=O) groups is 2. The van der Waals surface area contributed by atoms with E-state index in [0.717, 1.165) is 5.56 Å². The topological polar surface area (TPSA) is 67.9 Å². The second-order valence-corrected chi connectivity index (χ2v) is 4.27. The van der Waals surface area contributed by atoms with E-state index in [1.54, 1.807) is 6.07 Å². The molecule has 0 saturated heterocycles. The molecule has 0 atom stereocenters. The zero-order valence-corrected chi connectivity index (χ0v) is 12.5. The zero-order valence-electron chi connectivity index (χ0n) is 12.5. The summed E-state index contributed by atoms with van der Waals surface area (Å²) in [4.78, 5) is 29.5. The molecule has 6 heteroatoms. The summed E-state index contributed by atoms with van der Waals surface area (Å²) in [6.07, 6.45) is -0.439. The van der Waals surface area contributed by atoms with E-state index < -0.39 is 6.09 Å². The van der Waals surface area contributed by atoms with Gasteiger partial charge in [0.05, 0.1) is 18.5 Å². The van der Waals surface area contributed by atoms with Crippen LogP contribution in [0.2, 0.25) is 0 Å². The molecular weight excluding hydrogens is 272 g/mol. The number of benzene rings is 1.